The molecule has 0 bridgehead atoms. The Morgan fingerprint density at radius 1 is 1.19 bits per heavy atom. The third-order valence-corrected chi connectivity index (χ3v) is 3.20. The van der Waals surface area contributed by atoms with Crippen LogP contribution in [-0.4, -0.2) is 79.9 Å². The second-order valence-corrected chi connectivity index (χ2v) is 4.83. The molecule has 16 heavy (non-hydrogen) atoms. The number of carbonyl (C=O) groups excluding carboxylic acids is 1. The molecule has 0 aliphatic carbocycles. The highest BCUT2D eigenvalue weighted by Gasteiger charge is 2.18. The number of carbonyl (C=O) groups is 1. The summed E-state index contributed by atoms with van der Waals surface area (Å²) in [6, 6.07) is 0. The van der Waals surface area contributed by atoms with Crippen molar-refractivity contribution in [2.75, 3.05) is 59.2 Å². The lowest BCUT2D eigenvalue weighted by atomic mass is 10.3. The summed E-state index contributed by atoms with van der Waals surface area (Å²) in [6.07, 6.45) is 1.05. The van der Waals surface area contributed by atoms with Gasteiger partial charge in [-0.3, -0.25) is 9.69 Å². The maximum Gasteiger partial charge on any atom is 0.236 e. The van der Waals surface area contributed by atoms with E-state index in [0.29, 0.717) is 6.54 Å². The molecule has 0 aromatic heterocycles. The molecule has 1 fully saturated rings. The van der Waals surface area contributed by atoms with Crippen molar-refractivity contribution in [1.82, 2.24) is 14.7 Å². The van der Waals surface area contributed by atoms with Crippen LogP contribution >= 0.6 is 11.6 Å². The third kappa shape index (κ3) is 4.68. The van der Waals surface area contributed by atoms with E-state index in [1.807, 2.05) is 0 Å². The van der Waals surface area contributed by atoms with Crippen LogP contribution in [0.15, 0.2) is 0 Å². The van der Waals surface area contributed by atoms with Gasteiger partial charge in [0.25, 0.3) is 0 Å². The monoisotopic (exact) mass is 247 g/mol. The van der Waals surface area contributed by atoms with Gasteiger partial charge < -0.3 is 9.80 Å². The number of amides is 1. The van der Waals surface area contributed by atoms with Crippen LogP contribution in [-0.2, 0) is 4.79 Å². The number of piperazine rings is 1. The molecular weight excluding hydrogens is 226 g/mol. The highest BCUT2D eigenvalue weighted by molar-refractivity contribution is 6.17. The summed E-state index contributed by atoms with van der Waals surface area (Å²) in [6.45, 7) is 5.72. The summed E-state index contributed by atoms with van der Waals surface area (Å²) in [5, 5.41) is 0. The average Bonchev–Trinajstić information content (AvgIpc) is 2.28. The zero-order valence-electron chi connectivity index (χ0n) is 10.3. The van der Waals surface area contributed by atoms with Gasteiger partial charge in [0, 0.05) is 46.2 Å². The molecule has 1 aliphatic rings. The second-order valence-electron chi connectivity index (χ2n) is 4.45. The molecule has 0 N–H and O–H groups in total. The minimum Gasteiger partial charge on any atom is -0.348 e. The van der Waals surface area contributed by atoms with Crippen molar-refractivity contribution in [3.8, 4) is 0 Å². The van der Waals surface area contributed by atoms with E-state index in [9.17, 15) is 4.79 Å². The number of halogens is 1. The first kappa shape index (κ1) is 13.7. The zero-order chi connectivity index (χ0) is 12.0. The van der Waals surface area contributed by atoms with Crippen LogP contribution in [0.2, 0.25) is 0 Å². The Labute approximate surface area is 103 Å². The van der Waals surface area contributed by atoms with E-state index in [-0.39, 0.29) is 5.91 Å². The van der Waals surface area contributed by atoms with E-state index in [0.717, 1.165) is 45.0 Å². The molecule has 94 valence electrons. The molecule has 4 nitrogen and oxygen atoms in total. The maximum absolute atomic E-state index is 11.5. The van der Waals surface area contributed by atoms with Crippen LogP contribution in [0.25, 0.3) is 0 Å². The molecule has 1 rings (SSSR count). The summed E-state index contributed by atoms with van der Waals surface area (Å²) < 4.78 is 0. The van der Waals surface area contributed by atoms with Crippen LogP contribution in [0, 0.1) is 0 Å². The predicted molar refractivity (Wildman–Crippen MR) is 66.9 cm³/mol. The van der Waals surface area contributed by atoms with Gasteiger partial charge in [0.15, 0.2) is 0 Å². The van der Waals surface area contributed by atoms with Gasteiger partial charge in [-0.1, -0.05) is 0 Å². The fourth-order valence-corrected chi connectivity index (χ4v) is 1.91. The van der Waals surface area contributed by atoms with E-state index < -0.39 is 0 Å². The molecule has 0 unspecified atom stereocenters. The SMILES string of the molecule is CN(C)C(=O)CN1CCN(CCCCl)CC1. The predicted octanol–water partition coefficient (Wildman–Crippen LogP) is 0.321. The molecule has 0 aromatic carbocycles. The second kappa shape index (κ2) is 7.09. The Balaban J connectivity index is 2.19. The van der Waals surface area contributed by atoms with E-state index in [1.54, 1.807) is 19.0 Å². The first-order chi connectivity index (χ1) is 7.63. The van der Waals surface area contributed by atoms with Crippen molar-refractivity contribution in [2.45, 2.75) is 6.42 Å². The van der Waals surface area contributed by atoms with Crippen LogP contribution in [0.1, 0.15) is 6.42 Å². The Bertz CT molecular complexity index is 215. The lowest BCUT2D eigenvalue weighted by Gasteiger charge is -2.34. The number of hydrogen-bond donors (Lipinski definition) is 0. The molecule has 0 saturated carbocycles. The van der Waals surface area contributed by atoms with E-state index >= 15 is 0 Å². The first-order valence-corrected chi connectivity index (χ1v) is 6.37. The fraction of sp³-hybridized carbons (Fsp3) is 0.909. The lowest BCUT2D eigenvalue weighted by Crippen LogP contribution is -2.49. The van der Waals surface area contributed by atoms with Gasteiger partial charge in [0.1, 0.15) is 0 Å². The van der Waals surface area contributed by atoms with Crippen molar-refractivity contribution in [3.63, 3.8) is 0 Å². The molecule has 1 heterocycles. The summed E-state index contributed by atoms with van der Waals surface area (Å²) in [7, 11) is 3.61. The molecule has 0 radical (unpaired) electrons. The van der Waals surface area contributed by atoms with Crippen molar-refractivity contribution in [1.29, 1.82) is 0 Å². The summed E-state index contributed by atoms with van der Waals surface area (Å²) in [5.74, 6) is 0.925. The van der Waals surface area contributed by atoms with Crippen LogP contribution in [0.3, 0.4) is 0 Å². The van der Waals surface area contributed by atoms with Gasteiger partial charge in [0.05, 0.1) is 6.54 Å². The first-order valence-electron chi connectivity index (χ1n) is 5.84. The summed E-state index contributed by atoms with van der Waals surface area (Å²) in [5.41, 5.74) is 0. The van der Waals surface area contributed by atoms with Gasteiger partial charge in [-0.15, -0.1) is 11.6 Å². The minimum atomic E-state index is 0.189. The standard InChI is InChI=1S/C11H22ClN3O/c1-13(2)11(16)10-15-8-6-14(7-9-15)5-3-4-12/h3-10H2,1-2H3. The largest absolute Gasteiger partial charge is 0.348 e. The Morgan fingerprint density at radius 3 is 2.25 bits per heavy atom. The highest BCUT2D eigenvalue weighted by Crippen LogP contribution is 2.03. The van der Waals surface area contributed by atoms with E-state index in [4.69, 9.17) is 11.6 Å². The Hall–Kier alpha value is -0.320. The van der Waals surface area contributed by atoms with Crippen LogP contribution < -0.4 is 0 Å². The van der Waals surface area contributed by atoms with E-state index in [2.05, 4.69) is 9.80 Å². The normalized spacial score (nSPS) is 18.7. The number of likely N-dealkylation sites (N-methyl/N-ethyl adjacent to an activating group) is 1. The van der Waals surface area contributed by atoms with Crippen molar-refractivity contribution in [3.05, 3.63) is 0 Å². The number of rotatable bonds is 5. The van der Waals surface area contributed by atoms with E-state index in [1.165, 1.54) is 0 Å². The molecule has 1 aliphatic heterocycles. The van der Waals surface area contributed by atoms with Gasteiger partial charge in [-0.05, 0) is 13.0 Å². The summed E-state index contributed by atoms with van der Waals surface area (Å²) >= 11 is 5.67. The lowest BCUT2D eigenvalue weighted by molar-refractivity contribution is -0.130. The average molecular weight is 248 g/mol. The maximum atomic E-state index is 11.5. The number of hydrogen-bond acceptors (Lipinski definition) is 3. The molecular formula is C11H22ClN3O. The zero-order valence-corrected chi connectivity index (χ0v) is 11.0. The third-order valence-electron chi connectivity index (χ3n) is 2.93. The van der Waals surface area contributed by atoms with Crippen LogP contribution in [0.5, 0.6) is 0 Å². The molecule has 1 amide bonds. The molecule has 0 atom stereocenters. The smallest absolute Gasteiger partial charge is 0.236 e. The molecule has 0 aromatic rings. The summed E-state index contributed by atoms with van der Waals surface area (Å²) in [4.78, 5) is 17.8. The number of alkyl halides is 1. The van der Waals surface area contributed by atoms with Gasteiger partial charge in [0.2, 0.25) is 5.91 Å². The van der Waals surface area contributed by atoms with Crippen molar-refractivity contribution < 1.29 is 4.79 Å². The highest BCUT2D eigenvalue weighted by atomic mass is 35.5. The van der Waals surface area contributed by atoms with Gasteiger partial charge >= 0.3 is 0 Å². The minimum absolute atomic E-state index is 0.189. The number of nitrogens with zero attached hydrogens (tertiary/aromatic N) is 3. The molecule has 1 saturated heterocycles. The van der Waals surface area contributed by atoms with Crippen LogP contribution in [0.4, 0.5) is 0 Å². The molecule has 0 spiro atoms. The topological polar surface area (TPSA) is 26.8 Å². The molecule has 5 heteroatoms. The van der Waals surface area contributed by atoms with Crippen molar-refractivity contribution >= 4 is 17.5 Å². The fourth-order valence-electron chi connectivity index (χ4n) is 1.79. The Kier molecular flexibility index (Phi) is 6.09. The quantitative estimate of drug-likeness (QED) is 0.655. The van der Waals surface area contributed by atoms with Gasteiger partial charge in [-0.25, -0.2) is 0 Å². The van der Waals surface area contributed by atoms with Gasteiger partial charge in [-0.2, -0.15) is 0 Å². The Morgan fingerprint density at radius 2 is 1.75 bits per heavy atom. The van der Waals surface area contributed by atoms with Crippen molar-refractivity contribution in [2.24, 2.45) is 0 Å².